The van der Waals surface area contributed by atoms with Gasteiger partial charge in [0.1, 0.15) is 11.8 Å². The molecule has 0 saturated carbocycles. The van der Waals surface area contributed by atoms with Crippen LogP contribution < -0.4 is 10.6 Å². The molecule has 4 heterocycles. The van der Waals surface area contributed by atoms with Crippen LogP contribution in [0.4, 0.5) is 17.1 Å². The highest BCUT2D eigenvalue weighted by molar-refractivity contribution is 6.36. The smallest absolute Gasteiger partial charge is 0.110 e. The van der Waals surface area contributed by atoms with Crippen molar-refractivity contribution in [3.63, 3.8) is 0 Å². The van der Waals surface area contributed by atoms with Crippen LogP contribution in [0, 0.1) is 18.3 Å². The Morgan fingerprint density at radius 3 is 2.53 bits per heavy atom. The van der Waals surface area contributed by atoms with Crippen molar-refractivity contribution in [2.75, 3.05) is 23.7 Å². The summed E-state index contributed by atoms with van der Waals surface area (Å²) in [7, 11) is 0. The van der Waals surface area contributed by atoms with Crippen LogP contribution in [0.15, 0.2) is 67.1 Å². The van der Waals surface area contributed by atoms with Gasteiger partial charge in [-0.2, -0.15) is 5.26 Å². The molecule has 6 rings (SSSR count). The maximum Gasteiger partial charge on any atom is 0.110 e. The van der Waals surface area contributed by atoms with E-state index >= 15 is 0 Å². The van der Waals surface area contributed by atoms with Gasteiger partial charge in [-0.1, -0.05) is 40.5 Å². The van der Waals surface area contributed by atoms with Crippen LogP contribution in [0.3, 0.4) is 0 Å². The van der Waals surface area contributed by atoms with Crippen molar-refractivity contribution < 1.29 is 0 Å². The van der Waals surface area contributed by atoms with E-state index < -0.39 is 0 Å². The van der Waals surface area contributed by atoms with Gasteiger partial charge in [0, 0.05) is 64.1 Å². The lowest BCUT2D eigenvalue weighted by atomic mass is 9.98. The molecule has 1 atom stereocenters. The number of likely N-dealkylation sites (tertiary alicyclic amines) is 1. The standard InChI is InChI=1S/C34H35Cl2N9/c1-21-27(9-6-12-38-21)33(30-20-45(43-42-30)26-10-13-44(14-11-26)34(2,3)4)41-25-16-28-31(40-24-8-5-7-23(35)15-24)22(18-37)19-39-32(28)29(36)17-25/h5-9,12,15-17,19-20,26,33,41H,10-11,13-14H2,1-4H3,(H,39,40). The lowest BCUT2D eigenvalue weighted by Crippen LogP contribution is -2.46. The molecule has 1 unspecified atom stereocenters. The Morgan fingerprint density at radius 2 is 1.82 bits per heavy atom. The third-order valence-electron chi connectivity index (χ3n) is 8.42. The van der Waals surface area contributed by atoms with Gasteiger partial charge in [0.15, 0.2) is 0 Å². The first-order valence-corrected chi connectivity index (χ1v) is 15.8. The van der Waals surface area contributed by atoms with Gasteiger partial charge in [0.2, 0.25) is 0 Å². The normalized spacial score (nSPS) is 15.1. The summed E-state index contributed by atoms with van der Waals surface area (Å²) < 4.78 is 2.01. The maximum atomic E-state index is 9.95. The van der Waals surface area contributed by atoms with Crippen LogP contribution in [0.1, 0.15) is 68.2 Å². The Balaban J connectivity index is 1.37. The van der Waals surface area contributed by atoms with E-state index in [2.05, 4.69) is 62.7 Å². The van der Waals surface area contributed by atoms with Crippen molar-refractivity contribution in [3.8, 4) is 6.07 Å². The number of fused-ring (bicyclic) bond motifs is 1. The first-order valence-electron chi connectivity index (χ1n) is 15.0. The van der Waals surface area contributed by atoms with Gasteiger partial charge in [-0.15, -0.1) is 5.10 Å². The number of nitrogens with zero attached hydrogens (tertiary/aromatic N) is 7. The van der Waals surface area contributed by atoms with Gasteiger partial charge in [0.05, 0.1) is 40.1 Å². The van der Waals surface area contributed by atoms with Gasteiger partial charge >= 0.3 is 0 Å². The largest absolute Gasteiger partial charge is 0.373 e. The Kier molecular flexibility index (Phi) is 8.65. The van der Waals surface area contributed by atoms with Gasteiger partial charge in [-0.05, 0) is 76.9 Å². The van der Waals surface area contributed by atoms with E-state index in [1.165, 1.54) is 6.20 Å². The second-order valence-electron chi connectivity index (χ2n) is 12.4. The summed E-state index contributed by atoms with van der Waals surface area (Å²) in [6.07, 6.45) is 7.39. The van der Waals surface area contributed by atoms with Crippen LogP contribution >= 0.6 is 23.2 Å². The van der Waals surface area contributed by atoms with E-state index in [0.717, 1.165) is 54.3 Å². The molecule has 2 aromatic carbocycles. The molecule has 1 saturated heterocycles. The van der Waals surface area contributed by atoms with Crippen molar-refractivity contribution in [3.05, 3.63) is 99.7 Å². The summed E-state index contributed by atoms with van der Waals surface area (Å²) in [5.74, 6) is 0. The summed E-state index contributed by atoms with van der Waals surface area (Å²) in [5, 5.41) is 28.0. The molecular formula is C34H35Cl2N9. The first-order chi connectivity index (χ1) is 21.6. The lowest BCUT2D eigenvalue weighted by Gasteiger charge is -2.40. The molecule has 230 valence electrons. The van der Waals surface area contributed by atoms with E-state index in [1.54, 1.807) is 18.3 Å². The topological polar surface area (TPSA) is 108 Å². The number of benzene rings is 2. The van der Waals surface area contributed by atoms with E-state index in [9.17, 15) is 5.26 Å². The Labute approximate surface area is 273 Å². The lowest BCUT2D eigenvalue weighted by molar-refractivity contribution is 0.0866. The third-order valence-corrected chi connectivity index (χ3v) is 8.94. The molecule has 45 heavy (non-hydrogen) atoms. The summed E-state index contributed by atoms with van der Waals surface area (Å²) >= 11 is 13.1. The monoisotopic (exact) mass is 639 g/mol. The molecule has 0 spiro atoms. The SMILES string of the molecule is Cc1ncccc1C(Nc1cc(Cl)c2ncc(C#N)c(Nc3cccc(Cl)c3)c2c1)c1cn(C2CCN(C(C)(C)C)CC2)nn1. The molecule has 9 nitrogen and oxygen atoms in total. The number of aromatic nitrogens is 5. The molecule has 2 N–H and O–H groups in total. The highest BCUT2D eigenvalue weighted by Crippen LogP contribution is 2.37. The number of rotatable bonds is 7. The van der Waals surface area contributed by atoms with Gasteiger partial charge in [-0.3, -0.25) is 14.9 Å². The molecule has 3 aromatic heterocycles. The molecule has 0 aliphatic carbocycles. The molecule has 1 aliphatic heterocycles. The second kappa shape index (κ2) is 12.6. The average molecular weight is 641 g/mol. The molecule has 0 radical (unpaired) electrons. The van der Waals surface area contributed by atoms with Crippen molar-refractivity contribution in [2.24, 2.45) is 0 Å². The van der Waals surface area contributed by atoms with Gasteiger partial charge in [-0.25, -0.2) is 4.68 Å². The highest BCUT2D eigenvalue weighted by Gasteiger charge is 2.29. The van der Waals surface area contributed by atoms with E-state index in [0.29, 0.717) is 32.2 Å². The summed E-state index contributed by atoms with van der Waals surface area (Å²) in [6, 6.07) is 17.3. The fraction of sp³-hybridized carbons (Fsp3) is 0.324. The van der Waals surface area contributed by atoms with Gasteiger partial charge in [0.25, 0.3) is 0 Å². The van der Waals surface area contributed by atoms with Crippen LogP contribution in [-0.4, -0.2) is 48.5 Å². The number of aryl methyl sites for hydroxylation is 1. The van der Waals surface area contributed by atoms with Crippen LogP contribution in [0.25, 0.3) is 10.9 Å². The number of piperidine rings is 1. The van der Waals surface area contributed by atoms with Crippen LogP contribution in [0.5, 0.6) is 0 Å². The van der Waals surface area contributed by atoms with Crippen molar-refractivity contribution in [2.45, 2.75) is 58.2 Å². The van der Waals surface area contributed by atoms with Crippen molar-refractivity contribution in [1.29, 1.82) is 5.26 Å². The zero-order valence-electron chi connectivity index (χ0n) is 25.7. The number of hydrogen-bond acceptors (Lipinski definition) is 8. The first kappa shape index (κ1) is 30.8. The van der Waals surface area contributed by atoms with Crippen molar-refractivity contribution >= 4 is 51.2 Å². The molecule has 1 aliphatic rings. The molecule has 0 amide bonds. The molecule has 11 heteroatoms. The molecular weight excluding hydrogens is 605 g/mol. The third kappa shape index (κ3) is 6.59. The molecule has 1 fully saturated rings. The summed E-state index contributed by atoms with van der Waals surface area (Å²) in [6.45, 7) is 10.8. The number of pyridine rings is 2. The number of hydrogen-bond donors (Lipinski definition) is 2. The van der Waals surface area contributed by atoms with E-state index in [-0.39, 0.29) is 17.6 Å². The fourth-order valence-corrected chi connectivity index (χ4v) is 6.41. The maximum absolute atomic E-state index is 9.95. The zero-order valence-corrected chi connectivity index (χ0v) is 27.2. The predicted octanol–water partition coefficient (Wildman–Crippen LogP) is 8.09. The number of nitrogens with one attached hydrogen (secondary N) is 2. The minimum Gasteiger partial charge on any atom is -0.373 e. The Bertz CT molecular complexity index is 1880. The van der Waals surface area contributed by atoms with Crippen LogP contribution in [-0.2, 0) is 0 Å². The number of halogens is 2. The zero-order chi connectivity index (χ0) is 31.7. The second-order valence-corrected chi connectivity index (χ2v) is 13.3. The summed E-state index contributed by atoms with van der Waals surface area (Å²) in [4.78, 5) is 11.6. The fourth-order valence-electron chi connectivity index (χ4n) is 5.95. The minimum absolute atomic E-state index is 0.152. The highest BCUT2D eigenvalue weighted by atomic mass is 35.5. The van der Waals surface area contributed by atoms with Gasteiger partial charge < -0.3 is 10.6 Å². The quantitative estimate of drug-likeness (QED) is 0.184. The predicted molar refractivity (Wildman–Crippen MR) is 180 cm³/mol. The number of nitriles is 1. The molecule has 5 aromatic rings. The van der Waals surface area contributed by atoms with Crippen LogP contribution in [0.2, 0.25) is 10.0 Å². The summed E-state index contributed by atoms with van der Waals surface area (Å²) in [5.41, 5.74) is 5.83. The Hall–Kier alpha value is -4.23. The van der Waals surface area contributed by atoms with E-state index in [1.807, 2.05) is 54.2 Å². The Morgan fingerprint density at radius 1 is 1.02 bits per heavy atom. The minimum atomic E-state index is -0.355. The van der Waals surface area contributed by atoms with E-state index in [4.69, 9.17) is 23.2 Å². The van der Waals surface area contributed by atoms with Crippen molar-refractivity contribution in [1.82, 2.24) is 29.9 Å². The number of anilines is 3. The molecule has 0 bridgehead atoms. The average Bonchev–Trinajstić information content (AvgIpc) is 3.51.